The third-order valence-corrected chi connectivity index (χ3v) is 6.52. The lowest BCUT2D eigenvalue weighted by Crippen LogP contribution is -2.31. The van der Waals surface area contributed by atoms with Crippen LogP contribution in [0.5, 0.6) is 0 Å². The first kappa shape index (κ1) is 16.6. The lowest BCUT2D eigenvalue weighted by molar-refractivity contribution is 0.294. The highest BCUT2D eigenvalue weighted by Gasteiger charge is 2.27. The molecule has 1 unspecified atom stereocenters. The average Bonchev–Trinajstić information content (AvgIpc) is 3.17. The summed E-state index contributed by atoms with van der Waals surface area (Å²) in [5.41, 5.74) is 6.70. The van der Waals surface area contributed by atoms with E-state index in [1.165, 1.54) is 32.3 Å². The van der Waals surface area contributed by atoms with Crippen LogP contribution in [0.25, 0.3) is 21.5 Å². The number of rotatable bonds is 2. The van der Waals surface area contributed by atoms with Gasteiger partial charge < -0.3 is 4.90 Å². The first-order valence-electron chi connectivity index (χ1n) is 9.26. The summed E-state index contributed by atoms with van der Waals surface area (Å²) < 4.78 is 1.36. The fraction of sp³-hybridized carbons (Fsp3) is 0.217. The normalized spacial score (nSPS) is 17.2. The second kappa shape index (κ2) is 6.55. The van der Waals surface area contributed by atoms with E-state index in [4.69, 9.17) is 0 Å². The van der Waals surface area contributed by atoms with Crippen molar-refractivity contribution >= 4 is 21.4 Å². The van der Waals surface area contributed by atoms with Gasteiger partial charge in [0, 0.05) is 41.7 Å². The Balaban J connectivity index is 1.64. The summed E-state index contributed by atoms with van der Waals surface area (Å²) >= 11 is 1.81. The predicted molar refractivity (Wildman–Crippen MR) is 112 cm³/mol. The minimum absolute atomic E-state index is 0.396. The first-order chi connectivity index (χ1) is 13.2. The number of likely N-dealkylation sites (N-methyl/N-ethyl adjacent to an activating group) is 1. The van der Waals surface area contributed by atoms with Gasteiger partial charge in [-0.3, -0.25) is 0 Å². The van der Waals surface area contributed by atoms with Crippen LogP contribution in [0.3, 0.4) is 0 Å². The molecule has 0 spiro atoms. The van der Waals surface area contributed by atoms with E-state index >= 15 is 0 Å². The fourth-order valence-electron chi connectivity index (χ4n) is 4.23. The average molecular weight is 372 g/mol. The van der Waals surface area contributed by atoms with E-state index in [0.717, 1.165) is 24.5 Å². The molecule has 0 radical (unpaired) electrons. The molecule has 4 heteroatoms. The van der Waals surface area contributed by atoms with Gasteiger partial charge in [0.05, 0.1) is 0 Å². The summed E-state index contributed by atoms with van der Waals surface area (Å²) in [7, 11) is 2.21. The molecule has 0 N–H and O–H groups in total. The lowest BCUT2D eigenvalue weighted by Gasteiger charge is -2.34. The number of hydrogen-bond acceptors (Lipinski definition) is 4. The molecule has 3 nitrogen and oxygen atoms in total. The Morgan fingerprint density at radius 1 is 1.07 bits per heavy atom. The van der Waals surface area contributed by atoms with Gasteiger partial charge in [-0.05, 0) is 71.3 Å². The van der Waals surface area contributed by atoms with Crippen LogP contribution in [0.2, 0.25) is 0 Å². The van der Waals surface area contributed by atoms with Crippen molar-refractivity contribution < 1.29 is 0 Å². The van der Waals surface area contributed by atoms with Crippen molar-refractivity contribution in [3.63, 3.8) is 0 Å². The van der Waals surface area contributed by atoms with Gasteiger partial charge in [0.25, 0.3) is 0 Å². The highest BCUT2D eigenvalue weighted by Crippen LogP contribution is 2.38. The Morgan fingerprint density at radius 3 is 2.78 bits per heavy atom. The molecule has 1 aliphatic rings. The van der Waals surface area contributed by atoms with Crippen LogP contribution < -0.4 is 0 Å². The molecule has 2 aromatic carbocycles. The summed E-state index contributed by atoms with van der Waals surface area (Å²) in [5.74, 6) is 1.20. The van der Waals surface area contributed by atoms with Gasteiger partial charge in [-0.2, -0.15) is 0 Å². The van der Waals surface area contributed by atoms with E-state index in [0.29, 0.717) is 5.92 Å². The lowest BCUT2D eigenvalue weighted by atomic mass is 9.81. The molecule has 0 saturated carbocycles. The van der Waals surface area contributed by atoms with Crippen molar-refractivity contribution in [1.82, 2.24) is 14.9 Å². The molecule has 0 fully saturated rings. The van der Waals surface area contributed by atoms with Gasteiger partial charge >= 0.3 is 0 Å². The first-order valence-corrected chi connectivity index (χ1v) is 10.1. The number of benzene rings is 2. The Bertz CT molecular complexity index is 1120. The van der Waals surface area contributed by atoms with Crippen molar-refractivity contribution in [3.8, 4) is 11.4 Å². The van der Waals surface area contributed by atoms with Crippen LogP contribution in [0.15, 0.2) is 60.2 Å². The van der Waals surface area contributed by atoms with Crippen molar-refractivity contribution in [1.29, 1.82) is 0 Å². The smallest absolute Gasteiger partial charge is 0.159 e. The van der Waals surface area contributed by atoms with Gasteiger partial charge in [0.1, 0.15) is 0 Å². The van der Waals surface area contributed by atoms with E-state index < -0.39 is 0 Å². The quantitative estimate of drug-likeness (QED) is 0.482. The van der Waals surface area contributed by atoms with Crippen LogP contribution in [0.1, 0.15) is 28.2 Å². The third kappa shape index (κ3) is 2.85. The van der Waals surface area contributed by atoms with E-state index in [1.807, 2.05) is 18.5 Å². The Morgan fingerprint density at radius 2 is 1.93 bits per heavy atom. The topological polar surface area (TPSA) is 29.0 Å². The van der Waals surface area contributed by atoms with Gasteiger partial charge in [0.15, 0.2) is 5.82 Å². The van der Waals surface area contributed by atoms with E-state index in [1.54, 1.807) is 11.3 Å². The maximum Gasteiger partial charge on any atom is 0.159 e. The minimum atomic E-state index is 0.396. The minimum Gasteiger partial charge on any atom is -0.301 e. The second-order valence-corrected chi connectivity index (χ2v) is 8.29. The molecule has 3 heterocycles. The largest absolute Gasteiger partial charge is 0.301 e. The Kier molecular flexibility index (Phi) is 4.03. The summed E-state index contributed by atoms with van der Waals surface area (Å²) in [5, 5.41) is 3.52. The Hall–Kier alpha value is -2.56. The standard InChI is InChI=1S/C23H21N3S/c1-15-18(23-24-9-3-10-25-23)5-6-19-20(15)13-26(2)14-21(19)16-4-7-22-17(12-16)8-11-27-22/h3-12,21H,13-14H2,1-2H3. The van der Waals surface area contributed by atoms with Gasteiger partial charge in [-0.1, -0.05) is 18.2 Å². The number of nitrogens with zero attached hydrogens (tertiary/aromatic N) is 3. The van der Waals surface area contributed by atoms with Crippen LogP contribution in [-0.4, -0.2) is 28.5 Å². The SMILES string of the molecule is Cc1c(-c2ncccn2)ccc2c1CN(C)CC2c1ccc2sccc2c1. The number of aromatic nitrogens is 2. The van der Waals surface area contributed by atoms with E-state index in [2.05, 4.69) is 70.6 Å². The highest BCUT2D eigenvalue weighted by atomic mass is 32.1. The number of fused-ring (bicyclic) bond motifs is 2. The van der Waals surface area contributed by atoms with Crippen molar-refractivity contribution in [2.75, 3.05) is 13.6 Å². The van der Waals surface area contributed by atoms with Crippen LogP contribution in [0.4, 0.5) is 0 Å². The number of hydrogen-bond donors (Lipinski definition) is 0. The molecule has 2 aromatic heterocycles. The van der Waals surface area contributed by atoms with Gasteiger partial charge in [0.2, 0.25) is 0 Å². The predicted octanol–water partition coefficient (Wildman–Crippen LogP) is 5.24. The van der Waals surface area contributed by atoms with Crippen molar-refractivity contribution in [3.05, 3.63) is 82.5 Å². The molecule has 0 saturated heterocycles. The molecule has 134 valence electrons. The monoisotopic (exact) mass is 371 g/mol. The van der Waals surface area contributed by atoms with Crippen molar-refractivity contribution in [2.24, 2.45) is 0 Å². The van der Waals surface area contributed by atoms with Crippen LogP contribution in [-0.2, 0) is 6.54 Å². The van der Waals surface area contributed by atoms with Crippen molar-refractivity contribution in [2.45, 2.75) is 19.4 Å². The third-order valence-electron chi connectivity index (χ3n) is 5.62. The molecule has 27 heavy (non-hydrogen) atoms. The zero-order valence-electron chi connectivity index (χ0n) is 15.5. The van der Waals surface area contributed by atoms with Gasteiger partial charge in [-0.25, -0.2) is 9.97 Å². The molecule has 0 aliphatic carbocycles. The summed E-state index contributed by atoms with van der Waals surface area (Å²) in [6, 6.07) is 15.5. The molecule has 0 amide bonds. The van der Waals surface area contributed by atoms with Crippen LogP contribution >= 0.6 is 11.3 Å². The zero-order valence-corrected chi connectivity index (χ0v) is 16.3. The molecular formula is C23H21N3S. The molecule has 4 aromatic rings. The fourth-order valence-corrected chi connectivity index (χ4v) is 5.00. The highest BCUT2D eigenvalue weighted by molar-refractivity contribution is 7.17. The number of thiophene rings is 1. The summed E-state index contributed by atoms with van der Waals surface area (Å²) in [6.07, 6.45) is 3.62. The maximum atomic E-state index is 4.46. The van der Waals surface area contributed by atoms with Gasteiger partial charge in [-0.15, -0.1) is 11.3 Å². The molecule has 0 bridgehead atoms. The molecule has 1 atom stereocenters. The second-order valence-electron chi connectivity index (χ2n) is 7.35. The maximum absolute atomic E-state index is 4.46. The summed E-state index contributed by atoms with van der Waals surface area (Å²) in [4.78, 5) is 11.3. The molecule has 1 aliphatic heterocycles. The molecule has 5 rings (SSSR count). The van der Waals surface area contributed by atoms with Crippen LogP contribution in [0, 0.1) is 6.92 Å². The van der Waals surface area contributed by atoms with E-state index in [9.17, 15) is 0 Å². The Labute approximate surface area is 163 Å². The van der Waals surface area contributed by atoms with E-state index in [-0.39, 0.29) is 0 Å². The summed E-state index contributed by atoms with van der Waals surface area (Å²) in [6.45, 7) is 4.23. The molecular weight excluding hydrogens is 350 g/mol. The zero-order chi connectivity index (χ0) is 18.4.